The summed E-state index contributed by atoms with van der Waals surface area (Å²) in [4.78, 5) is 16.7. The van der Waals surface area contributed by atoms with Gasteiger partial charge in [-0.1, -0.05) is 11.6 Å². The van der Waals surface area contributed by atoms with E-state index in [2.05, 4.69) is 4.98 Å². The molecular weight excluding hydrogens is 250 g/mol. The lowest BCUT2D eigenvalue weighted by atomic mass is 10.1. The molecule has 0 radical (unpaired) electrons. The first-order valence-electron chi connectivity index (χ1n) is 5.56. The molecule has 0 aliphatic rings. The van der Waals surface area contributed by atoms with Gasteiger partial charge in [-0.15, -0.1) is 0 Å². The lowest BCUT2D eigenvalue weighted by Gasteiger charge is -2.04. The standard InChI is InChI=1S/C14H10ClNO2/c1-7-5-11-13(17)10-6-9(15)3-4-12(10)18-14(11)16-8(7)2/h3-6H,1-2H3. The van der Waals surface area contributed by atoms with Crippen LogP contribution in [0.5, 0.6) is 0 Å². The van der Waals surface area contributed by atoms with E-state index in [0.717, 1.165) is 11.3 Å². The van der Waals surface area contributed by atoms with E-state index < -0.39 is 0 Å². The van der Waals surface area contributed by atoms with E-state index in [-0.39, 0.29) is 5.43 Å². The normalized spacial score (nSPS) is 11.3. The molecule has 0 saturated carbocycles. The molecule has 0 bridgehead atoms. The van der Waals surface area contributed by atoms with Crippen LogP contribution in [-0.4, -0.2) is 4.98 Å². The van der Waals surface area contributed by atoms with Crippen molar-refractivity contribution in [2.75, 3.05) is 0 Å². The second-order valence-electron chi connectivity index (χ2n) is 4.32. The van der Waals surface area contributed by atoms with Crippen LogP contribution in [0.4, 0.5) is 0 Å². The SMILES string of the molecule is Cc1cc2c(=O)c3cc(Cl)ccc3oc2nc1C. The summed E-state index contributed by atoms with van der Waals surface area (Å²) in [6.45, 7) is 3.81. The van der Waals surface area contributed by atoms with Crippen molar-refractivity contribution in [3.63, 3.8) is 0 Å². The fourth-order valence-electron chi connectivity index (χ4n) is 1.94. The van der Waals surface area contributed by atoms with Crippen molar-refractivity contribution >= 4 is 33.7 Å². The number of hydrogen-bond acceptors (Lipinski definition) is 3. The van der Waals surface area contributed by atoms with Crippen LogP contribution in [0, 0.1) is 13.8 Å². The van der Waals surface area contributed by atoms with Gasteiger partial charge in [0.25, 0.3) is 0 Å². The summed E-state index contributed by atoms with van der Waals surface area (Å²) in [6.07, 6.45) is 0. The summed E-state index contributed by atoms with van der Waals surface area (Å²) < 4.78 is 5.65. The minimum absolute atomic E-state index is 0.0932. The Hall–Kier alpha value is -1.87. The van der Waals surface area contributed by atoms with Crippen LogP contribution in [0.1, 0.15) is 11.3 Å². The summed E-state index contributed by atoms with van der Waals surface area (Å²) in [7, 11) is 0. The molecule has 90 valence electrons. The zero-order valence-corrected chi connectivity index (χ0v) is 10.7. The molecular formula is C14H10ClNO2. The molecule has 0 fully saturated rings. The molecule has 0 N–H and O–H groups in total. The van der Waals surface area contributed by atoms with Crippen molar-refractivity contribution < 1.29 is 4.42 Å². The van der Waals surface area contributed by atoms with Crippen LogP contribution < -0.4 is 5.43 Å². The van der Waals surface area contributed by atoms with Crippen molar-refractivity contribution in [3.05, 3.63) is 50.8 Å². The molecule has 0 aliphatic heterocycles. The molecule has 0 amide bonds. The minimum Gasteiger partial charge on any atom is -0.437 e. The Kier molecular flexibility index (Phi) is 2.38. The average molecular weight is 260 g/mol. The van der Waals surface area contributed by atoms with Gasteiger partial charge in [-0.3, -0.25) is 4.79 Å². The number of fused-ring (bicyclic) bond motifs is 2. The van der Waals surface area contributed by atoms with E-state index in [9.17, 15) is 4.79 Å². The Morgan fingerprint density at radius 2 is 1.94 bits per heavy atom. The number of nitrogens with zero attached hydrogens (tertiary/aromatic N) is 1. The predicted octanol–water partition coefficient (Wildman–Crippen LogP) is 3.61. The Labute approximate surface area is 108 Å². The third-order valence-electron chi connectivity index (χ3n) is 3.07. The number of halogens is 1. The maximum Gasteiger partial charge on any atom is 0.230 e. The first-order valence-corrected chi connectivity index (χ1v) is 5.94. The van der Waals surface area contributed by atoms with Crippen molar-refractivity contribution in [2.45, 2.75) is 13.8 Å². The van der Waals surface area contributed by atoms with E-state index in [1.54, 1.807) is 18.2 Å². The summed E-state index contributed by atoms with van der Waals surface area (Å²) in [5, 5.41) is 1.50. The van der Waals surface area contributed by atoms with Crippen LogP contribution in [0.3, 0.4) is 0 Å². The predicted molar refractivity (Wildman–Crippen MR) is 72.3 cm³/mol. The minimum atomic E-state index is -0.0932. The Balaban J connectivity index is 2.57. The van der Waals surface area contributed by atoms with Gasteiger partial charge in [0, 0.05) is 10.7 Å². The highest BCUT2D eigenvalue weighted by molar-refractivity contribution is 6.31. The molecule has 0 atom stereocenters. The van der Waals surface area contributed by atoms with Gasteiger partial charge in [0.05, 0.1) is 10.8 Å². The van der Waals surface area contributed by atoms with Crippen LogP contribution in [0.2, 0.25) is 5.02 Å². The fourth-order valence-corrected chi connectivity index (χ4v) is 2.11. The Morgan fingerprint density at radius 3 is 2.72 bits per heavy atom. The molecule has 2 heterocycles. The molecule has 3 rings (SSSR count). The topological polar surface area (TPSA) is 43.1 Å². The van der Waals surface area contributed by atoms with Gasteiger partial charge in [-0.2, -0.15) is 0 Å². The van der Waals surface area contributed by atoms with Crippen LogP contribution >= 0.6 is 11.6 Å². The highest BCUT2D eigenvalue weighted by Gasteiger charge is 2.10. The molecule has 2 aromatic heterocycles. The van der Waals surface area contributed by atoms with Crippen LogP contribution in [0.25, 0.3) is 22.1 Å². The number of aromatic nitrogens is 1. The summed E-state index contributed by atoms with van der Waals surface area (Å²) in [5.74, 6) is 0. The van der Waals surface area contributed by atoms with E-state index >= 15 is 0 Å². The number of rotatable bonds is 0. The first kappa shape index (κ1) is 11.2. The second-order valence-corrected chi connectivity index (χ2v) is 4.75. The maximum atomic E-state index is 12.3. The summed E-state index contributed by atoms with van der Waals surface area (Å²) in [5.41, 5.74) is 2.62. The van der Waals surface area contributed by atoms with E-state index in [1.165, 1.54) is 0 Å². The van der Waals surface area contributed by atoms with Crippen molar-refractivity contribution in [2.24, 2.45) is 0 Å². The Bertz CT molecular complexity index is 836. The number of pyridine rings is 1. The van der Waals surface area contributed by atoms with E-state index in [4.69, 9.17) is 16.0 Å². The smallest absolute Gasteiger partial charge is 0.230 e. The Morgan fingerprint density at radius 1 is 1.17 bits per heavy atom. The third kappa shape index (κ3) is 1.59. The van der Waals surface area contributed by atoms with Gasteiger partial charge in [0.1, 0.15) is 5.58 Å². The van der Waals surface area contributed by atoms with Crippen LogP contribution in [0.15, 0.2) is 33.5 Å². The van der Waals surface area contributed by atoms with Crippen LogP contribution in [-0.2, 0) is 0 Å². The summed E-state index contributed by atoms with van der Waals surface area (Å²) >= 11 is 5.90. The number of benzene rings is 1. The largest absolute Gasteiger partial charge is 0.437 e. The molecule has 1 aromatic carbocycles. The monoisotopic (exact) mass is 259 g/mol. The molecule has 0 aliphatic carbocycles. The highest BCUT2D eigenvalue weighted by atomic mass is 35.5. The number of hydrogen-bond donors (Lipinski definition) is 0. The van der Waals surface area contributed by atoms with Crippen molar-refractivity contribution in [1.82, 2.24) is 4.98 Å². The van der Waals surface area contributed by atoms with E-state index in [0.29, 0.717) is 27.1 Å². The highest BCUT2D eigenvalue weighted by Crippen LogP contribution is 2.21. The molecule has 0 unspecified atom stereocenters. The van der Waals surface area contributed by atoms with Crippen molar-refractivity contribution in [1.29, 1.82) is 0 Å². The number of aryl methyl sites for hydroxylation is 2. The van der Waals surface area contributed by atoms with Crippen molar-refractivity contribution in [3.8, 4) is 0 Å². The lowest BCUT2D eigenvalue weighted by molar-refractivity contribution is 0.643. The molecule has 3 nitrogen and oxygen atoms in total. The maximum absolute atomic E-state index is 12.3. The molecule has 3 aromatic rings. The van der Waals surface area contributed by atoms with Gasteiger partial charge in [-0.25, -0.2) is 4.98 Å². The molecule has 0 saturated heterocycles. The zero-order chi connectivity index (χ0) is 12.9. The lowest BCUT2D eigenvalue weighted by Crippen LogP contribution is -2.04. The fraction of sp³-hybridized carbons (Fsp3) is 0.143. The summed E-state index contributed by atoms with van der Waals surface area (Å²) in [6, 6.07) is 6.82. The second kappa shape index (κ2) is 3.82. The molecule has 4 heteroatoms. The first-order chi connectivity index (χ1) is 8.56. The van der Waals surface area contributed by atoms with Gasteiger partial charge in [-0.05, 0) is 43.7 Å². The van der Waals surface area contributed by atoms with Gasteiger partial charge < -0.3 is 4.42 Å². The van der Waals surface area contributed by atoms with Gasteiger partial charge in [0.15, 0.2) is 0 Å². The van der Waals surface area contributed by atoms with Gasteiger partial charge >= 0.3 is 0 Å². The third-order valence-corrected chi connectivity index (χ3v) is 3.30. The molecule has 18 heavy (non-hydrogen) atoms. The molecule has 0 spiro atoms. The quantitative estimate of drug-likeness (QED) is 0.579. The zero-order valence-electron chi connectivity index (χ0n) is 9.95. The average Bonchev–Trinajstić information content (AvgIpc) is 2.33. The van der Waals surface area contributed by atoms with Gasteiger partial charge in [0.2, 0.25) is 11.1 Å². The van der Waals surface area contributed by atoms with E-state index in [1.807, 2.05) is 19.9 Å².